The first-order chi connectivity index (χ1) is 20.6. The van der Waals surface area contributed by atoms with Gasteiger partial charge >= 0.3 is 6.18 Å². The van der Waals surface area contributed by atoms with E-state index in [9.17, 15) is 27.6 Å². The van der Waals surface area contributed by atoms with Crippen LogP contribution in [0.3, 0.4) is 0 Å². The van der Waals surface area contributed by atoms with Gasteiger partial charge in [0.2, 0.25) is 5.91 Å². The van der Waals surface area contributed by atoms with Crippen LogP contribution in [0.1, 0.15) is 34.0 Å². The van der Waals surface area contributed by atoms with Gasteiger partial charge in [-0.1, -0.05) is 61.2 Å². The van der Waals surface area contributed by atoms with Gasteiger partial charge in [0.25, 0.3) is 11.8 Å². The smallest absolute Gasteiger partial charge is 0.348 e. The maximum absolute atomic E-state index is 13.1. The van der Waals surface area contributed by atoms with Gasteiger partial charge in [0.15, 0.2) is 0 Å². The van der Waals surface area contributed by atoms with E-state index in [1.165, 1.54) is 23.1 Å². The molecule has 0 aliphatic carbocycles. The number of rotatable bonds is 7. The summed E-state index contributed by atoms with van der Waals surface area (Å²) in [6.45, 7) is 6.08. The van der Waals surface area contributed by atoms with E-state index in [0.717, 1.165) is 28.9 Å². The number of amides is 3. The van der Waals surface area contributed by atoms with E-state index < -0.39 is 23.7 Å². The van der Waals surface area contributed by atoms with Gasteiger partial charge in [0, 0.05) is 30.6 Å². The molecular weight excluding hydrogens is 559 g/mol. The number of hydrogen-bond donors (Lipinski definition) is 2. The highest BCUT2D eigenvalue weighted by Crippen LogP contribution is 2.31. The van der Waals surface area contributed by atoms with Crippen molar-refractivity contribution in [1.29, 1.82) is 0 Å². The average Bonchev–Trinajstić information content (AvgIpc) is 3.44. The fourth-order valence-corrected chi connectivity index (χ4v) is 4.52. The average molecular weight is 590 g/mol. The first-order valence-electron chi connectivity index (χ1n) is 13.5. The number of carbonyl (C=O) groups is 3. The number of likely N-dealkylation sites (N-methyl/N-ethyl adjacent to an activating group) is 1. The van der Waals surface area contributed by atoms with Crippen LogP contribution in [-0.2, 0) is 28.7 Å². The summed E-state index contributed by atoms with van der Waals surface area (Å²) in [5.74, 6) is -0.588. The fraction of sp³-hybridized carbons (Fsp3) is 0.188. The van der Waals surface area contributed by atoms with Crippen molar-refractivity contribution >= 4 is 23.5 Å². The zero-order valence-electron chi connectivity index (χ0n) is 23.3. The maximum atomic E-state index is 13.1. The number of para-hydroxylation sites is 1. The number of alkyl halides is 3. The normalized spacial score (nSPS) is 14.2. The minimum Gasteiger partial charge on any atom is -0.348 e. The van der Waals surface area contributed by atoms with E-state index in [1.54, 1.807) is 17.8 Å². The lowest BCUT2D eigenvalue weighted by molar-refractivity contribution is -0.137. The molecule has 0 fully saturated rings. The molecule has 1 aliphatic heterocycles. The van der Waals surface area contributed by atoms with E-state index in [4.69, 9.17) is 0 Å². The second kappa shape index (κ2) is 13.6. The van der Waals surface area contributed by atoms with E-state index in [-0.39, 0.29) is 23.8 Å². The Bertz CT molecular complexity index is 1590. The van der Waals surface area contributed by atoms with E-state index in [1.807, 2.05) is 60.7 Å². The standard InChI is InChI=1S/C22H19F3N4O2.C10H11NO/c1-2-28-20-15(13-26-29(20)17-9-4-3-5-10-17)12-18(21(28)31)27-19(30)14-7-6-8-16(11-14)22(23,24)25;1-2-10(12)11-8-9-6-4-3-5-7-9/h3-11,13,18H,2,12H2,1H3,(H,27,30);2-7H,1,8H2,(H,11,12). The quantitative estimate of drug-likeness (QED) is 0.294. The predicted octanol–water partition coefficient (Wildman–Crippen LogP) is 5.09. The lowest BCUT2D eigenvalue weighted by Gasteiger charge is -2.32. The Kier molecular flexibility index (Phi) is 9.76. The van der Waals surface area contributed by atoms with Crippen LogP contribution >= 0.6 is 0 Å². The second-order valence-corrected chi connectivity index (χ2v) is 9.54. The lowest BCUT2D eigenvalue weighted by Crippen LogP contribution is -2.53. The van der Waals surface area contributed by atoms with Crippen LogP contribution in [0.25, 0.3) is 5.69 Å². The first-order valence-corrected chi connectivity index (χ1v) is 13.5. The van der Waals surface area contributed by atoms with E-state index >= 15 is 0 Å². The third-order valence-corrected chi connectivity index (χ3v) is 6.63. The third kappa shape index (κ3) is 7.56. The number of hydrogen-bond acceptors (Lipinski definition) is 4. The molecule has 43 heavy (non-hydrogen) atoms. The zero-order chi connectivity index (χ0) is 31.0. The lowest BCUT2D eigenvalue weighted by atomic mass is 10.0. The minimum atomic E-state index is -4.56. The number of aromatic nitrogens is 2. The van der Waals surface area contributed by atoms with Gasteiger partial charge < -0.3 is 10.6 Å². The molecule has 2 N–H and O–H groups in total. The van der Waals surface area contributed by atoms with Crippen LogP contribution in [0.4, 0.5) is 19.0 Å². The molecule has 1 atom stereocenters. The van der Waals surface area contributed by atoms with Crippen LogP contribution in [0.2, 0.25) is 0 Å². The summed E-state index contributed by atoms with van der Waals surface area (Å²) in [5.41, 5.74) is 1.57. The highest BCUT2D eigenvalue weighted by molar-refractivity contribution is 6.04. The molecule has 0 saturated heterocycles. The van der Waals surface area contributed by atoms with Crippen LogP contribution in [0.15, 0.2) is 104 Å². The summed E-state index contributed by atoms with van der Waals surface area (Å²) >= 11 is 0. The van der Waals surface area contributed by atoms with Gasteiger partial charge in [-0.3, -0.25) is 19.3 Å². The highest BCUT2D eigenvalue weighted by atomic mass is 19.4. The first kappa shape index (κ1) is 30.8. The fourth-order valence-electron chi connectivity index (χ4n) is 4.52. The number of halogens is 3. The summed E-state index contributed by atoms with van der Waals surface area (Å²) in [6, 6.07) is 22.3. The molecule has 3 amide bonds. The van der Waals surface area contributed by atoms with Gasteiger partial charge in [-0.05, 0) is 48.9 Å². The van der Waals surface area contributed by atoms with Gasteiger partial charge in [-0.2, -0.15) is 18.3 Å². The zero-order valence-corrected chi connectivity index (χ0v) is 23.3. The maximum Gasteiger partial charge on any atom is 0.416 e. The van der Waals surface area contributed by atoms with Gasteiger partial charge in [0.05, 0.1) is 17.4 Å². The van der Waals surface area contributed by atoms with Crippen molar-refractivity contribution in [3.8, 4) is 5.69 Å². The Morgan fingerprint density at radius 1 is 1.02 bits per heavy atom. The summed E-state index contributed by atoms with van der Waals surface area (Å²) < 4.78 is 40.5. The highest BCUT2D eigenvalue weighted by Gasteiger charge is 2.37. The van der Waals surface area contributed by atoms with Gasteiger partial charge in [-0.25, -0.2) is 4.68 Å². The van der Waals surface area contributed by atoms with Crippen molar-refractivity contribution < 1.29 is 27.6 Å². The molecule has 0 saturated carbocycles. The largest absolute Gasteiger partial charge is 0.416 e. The predicted molar refractivity (Wildman–Crippen MR) is 156 cm³/mol. The molecule has 5 rings (SSSR count). The third-order valence-electron chi connectivity index (χ3n) is 6.63. The Balaban J connectivity index is 0.000000296. The molecule has 4 aromatic rings. The van der Waals surface area contributed by atoms with Crippen molar-refractivity contribution in [2.75, 3.05) is 11.4 Å². The Hall–Kier alpha value is -5.19. The molecule has 222 valence electrons. The Morgan fingerprint density at radius 2 is 1.70 bits per heavy atom. The number of nitrogens with zero attached hydrogens (tertiary/aromatic N) is 3. The van der Waals surface area contributed by atoms with Crippen LogP contribution in [0, 0.1) is 0 Å². The van der Waals surface area contributed by atoms with Crippen LogP contribution in [0.5, 0.6) is 0 Å². The number of carbonyl (C=O) groups excluding carboxylic acids is 3. The molecule has 0 radical (unpaired) electrons. The summed E-state index contributed by atoms with van der Waals surface area (Å²) in [6.07, 6.45) is -1.46. The molecular formula is C32H30F3N5O3. The van der Waals surface area contributed by atoms with Crippen LogP contribution < -0.4 is 15.5 Å². The Morgan fingerprint density at radius 3 is 2.33 bits per heavy atom. The van der Waals surface area contributed by atoms with Gasteiger partial charge in [-0.15, -0.1) is 0 Å². The minimum absolute atomic E-state index is 0.140. The van der Waals surface area contributed by atoms with Gasteiger partial charge in [0.1, 0.15) is 11.9 Å². The number of nitrogens with one attached hydrogen (secondary N) is 2. The van der Waals surface area contributed by atoms with Crippen molar-refractivity contribution in [2.24, 2.45) is 0 Å². The number of fused-ring (bicyclic) bond motifs is 1. The second-order valence-electron chi connectivity index (χ2n) is 9.54. The molecule has 2 heterocycles. The SMILES string of the molecule is C=CC(=O)NCc1ccccc1.CCN1C(=O)C(NC(=O)c2cccc(C(F)(F)F)c2)Cc2cnn(-c3ccccc3)c21. The van der Waals surface area contributed by atoms with Crippen LogP contribution in [-0.4, -0.2) is 40.1 Å². The summed E-state index contributed by atoms with van der Waals surface area (Å²) in [7, 11) is 0. The van der Waals surface area contributed by atoms with E-state index in [0.29, 0.717) is 18.9 Å². The van der Waals surface area contributed by atoms with Crippen molar-refractivity contribution in [1.82, 2.24) is 20.4 Å². The molecule has 1 aliphatic rings. The summed E-state index contributed by atoms with van der Waals surface area (Å²) in [5, 5.41) is 9.67. The molecule has 3 aromatic carbocycles. The van der Waals surface area contributed by atoms with Crippen molar-refractivity contribution in [3.05, 3.63) is 126 Å². The molecule has 8 nitrogen and oxygen atoms in total. The molecule has 0 spiro atoms. The number of benzene rings is 3. The molecule has 1 aromatic heterocycles. The molecule has 11 heteroatoms. The summed E-state index contributed by atoms with van der Waals surface area (Å²) in [4.78, 5) is 38.0. The Labute approximate surface area is 246 Å². The molecule has 1 unspecified atom stereocenters. The monoisotopic (exact) mass is 589 g/mol. The van der Waals surface area contributed by atoms with Crippen molar-refractivity contribution in [2.45, 2.75) is 32.1 Å². The number of anilines is 1. The topological polar surface area (TPSA) is 96.3 Å². The van der Waals surface area contributed by atoms with Crippen molar-refractivity contribution in [3.63, 3.8) is 0 Å². The molecule has 0 bridgehead atoms. The van der Waals surface area contributed by atoms with E-state index in [2.05, 4.69) is 22.3 Å².